The maximum atomic E-state index is 13.2. The van der Waals surface area contributed by atoms with E-state index in [1.807, 2.05) is 43.0 Å². The number of carbonyl (C=O) groups is 4. The Morgan fingerprint density at radius 1 is 0.921 bits per heavy atom. The van der Waals surface area contributed by atoms with Crippen molar-refractivity contribution in [2.24, 2.45) is 11.7 Å². The van der Waals surface area contributed by atoms with E-state index in [-0.39, 0.29) is 18.8 Å². The summed E-state index contributed by atoms with van der Waals surface area (Å²) in [6, 6.07) is 3.92. The van der Waals surface area contributed by atoms with E-state index in [0.29, 0.717) is 17.9 Å². The molecule has 3 amide bonds. The number of carboxylic acids is 1. The van der Waals surface area contributed by atoms with Gasteiger partial charge in [-0.05, 0) is 60.8 Å². The zero-order chi connectivity index (χ0) is 28.2. The summed E-state index contributed by atoms with van der Waals surface area (Å²) in [4.78, 5) is 53.9. The van der Waals surface area contributed by atoms with Crippen molar-refractivity contribution < 1.29 is 24.3 Å². The van der Waals surface area contributed by atoms with Crippen molar-refractivity contribution in [1.82, 2.24) is 20.9 Å². The van der Waals surface area contributed by atoms with Gasteiger partial charge in [0.2, 0.25) is 17.7 Å². The van der Waals surface area contributed by atoms with E-state index in [1.54, 1.807) is 13.8 Å². The fourth-order valence-electron chi connectivity index (χ4n) is 3.96. The van der Waals surface area contributed by atoms with Gasteiger partial charge >= 0.3 is 5.97 Å². The Bertz CT molecular complexity index is 1090. The molecule has 210 valence electrons. The SMILES string of the molecule is CSCCC(NC(=O)C(CCSC)NC(=O)C(NC(=O)C(N)Cc1c[nH]c2ccccc12)C(C)C)C(=O)O. The number of aromatic amines is 1. The predicted octanol–water partition coefficient (Wildman–Crippen LogP) is 1.74. The van der Waals surface area contributed by atoms with E-state index >= 15 is 0 Å². The minimum atomic E-state index is -1.13. The molecule has 0 bridgehead atoms. The van der Waals surface area contributed by atoms with Crippen molar-refractivity contribution in [3.8, 4) is 0 Å². The number of carbonyl (C=O) groups excluding carboxylic acids is 3. The van der Waals surface area contributed by atoms with Crippen LogP contribution in [0.1, 0.15) is 32.3 Å². The van der Waals surface area contributed by atoms with E-state index in [0.717, 1.165) is 16.5 Å². The normalized spacial score (nSPS) is 14.5. The molecule has 7 N–H and O–H groups in total. The summed E-state index contributed by atoms with van der Waals surface area (Å²) in [6.45, 7) is 3.57. The minimum Gasteiger partial charge on any atom is -0.480 e. The van der Waals surface area contributed by atoms with Gasteiger partial charge in [-0.15, -0.1) is 0 Å². The Balaban J connectivity index is 2.07. The number of hydrogen-bond donors (Lipinski definition) is 6. The molecule has 12 heteroatoms. The third-order valence-corrected chi connectivity index (χ3v) is 7.46. The van der Waals surface area contributed by atoms with Crippen molar-refractivity contribution in [2.75, 3.05) is 24.0 Å². The molecule has 0 aliphatic rings. The van der Waals surface area contributed by atoms with Crippen LogP contribution in [0.2, 0.25) is 0 Å². The Labute approximate surface area is 232 Å². The van der Waals surface area contributed by atoms with Crippen LogP contribution in [0.3, 0.4) is 0 Å². The van der Waals surface area contributed by atoms with Crippen LogP contribution in [-0.4, -0.2) is 82.0 Å². The molecule has 2 aromatic rings. The number of thioether (sulfide) groups is 2. The number of aromatic nitrogens is 1. The smallest absolute Gasteiger partial charge is 0.326 e. The lowest BCUT2D eigenvalue weighted by atomic mass is 10.0. The minimum absolute atomic E-state index is 0.268. The fourth-order valence-corrected chi connectivity index (χ4v) is 4.90. The quantitative estimate of drug-likeness (QED) is 0.179. The molecule has 0 saturated carbocycles. The second-order valence-electron chi connectivity index (χ2n) is 9.42. The van der Waals surface area contributed by atoms with Gasteiger partial charge in [-0.2, -0.15) is 23.5 Å². The average Bonchev–Trinajstić information content (AvgIpc) is 3.29. The summed E-state index contributed by atoms with van der Waals surface area (Å²) in [5.74, 6) is -1.82. The van der Waals surface area contributed by atoms with E-state index in [4.69, 9.17) is 5.73 Å². The molecule has 2 rings (SSSR count). The highest BCUT2D eigenvalue weighted by Gasteiger charge is 2.31. The van der Waals surface area contributed by atoms with Crippen molar-refractivity contribution >= 4 is 58.1 Å². The summed E-state index contributed by atoms with van der Waals surface area (Å²) in [5, 5.41) is 18.5. The number of benzene rings is 1. The van der Waals surface area contributed by atoms with Crippen LogP contribution in [0.15, 0.2) is 30.5 Å². The molecule has 0 radical (unpaired) electrons. The van der Waals surface area contributed by atoms with Crippen LogP contribution in [-0.2, 0) is 25.6 Å². The average molecular weight is 566 g/mol. The lowest BCUT2D eigenvalue weighted by Crippen LogP contribution is -2.58. The second-order valence-corrected chi connectivity index (χ2v) is 11.4. The molecule has 4 atom stereocenters. The van der Waals surface area contributed by atoms with Gasteiger partial charge in [0.15, 0.2) is 0 Å². The van der Waals surface area contributed by atoms with Crippen molar-refractivity contribution in [2.45, 2.75) is 57.3 Å². The summed E-state index contributed by atoms with van der Waals surface area (Å²) >= 11 is 2.99. The highest BCUT2D eigenvalue weighted by Crippen LogP contribution is 2.19. The molecule has 1 aromatic heterocycles. The standard InChI is InChI=1S/C26H39N5O5S2/c1-15(2)22(31-23(32)18(27)13-16-14-28-19-8-6-5-7-17(16)19)25(34)29-20(9-11-37-3)24(33)30-21(26(35)36)10-12-38-4/h5-8,14-15,18,20-22,28H,9-13,27H2,1-4H3,(H,29,34)(H,30,33)(H,31,32)(H,35,36). The number of hydrogen-bond acceptors (Lipinski definition) is 7. The lowest BCUT2D eigenvalue weighted by molar-refractivity contribution is -0.142. The Hall–Kier alpha value is -2.70. The van der Waals surface area contributed by atoms with Crippen molar-refractivity contribution in [1.29, 1.82) is 0 Å². The number of nitrogens with two attached hydrogens (primary N) is 1. The first-order chi connectivity index (χ1) is 18.1. The summed E-state index contributed by atoms with van der Waals surface area (Å²) in [7, 11) is 0. The van der Waals surface area contributed by atoms with Crippen molar-refractivity contribution in [3.63, 3.8) is 0 Å². The molecule has 1 aromatic carbocycles. The maximum Gasteiger partial charge on any atom is 0.326 e. The van der Waals surface area contributed by atoms with Gasteiger partial charge in [-0.1, -0.05) is 32.0 Å². The number of H-pyrrole nitrogens is 1. The number of carboxylic acid groups (broad SMARTS) is 1. The van der Waals surface area contributed by atoms with Gasteiger partial charge in [-0.3, -0.25) is 14.4 Å². The molecule has 0 spiro atoms. The largest absolute Gasteiger partial charge is 0.480 e. The summed E-state index contributed by atoms with van der Waals surface area (Å²) < 4.78 is 0. The van der Waals surface area contributed by atoms with Crippen LogP contribution in [0, 0.1) is 5.92 Å². The third kappa shape index (κ3) is 9.25. The number of aliphatic carboxylic acids is 1. The molecule has 0 aliphatic carbocycles. The van der Waals surface area contributed by atoms with Gasteiger partial charge in [0.1, 0.15) is 18.1 Å². The molecule has 0 saturated heterocycles. The van der Waals surface area contributed by atoms with Crippen LogP contribution in [0.25, 0.3) is 10.9 Å². The molecule has 0 fully saturated rings. The number of para-hydroxylation sites is 1. The highest BCUT2D eigenvalue weighted by molar-refractivity contribution is 7.98. The predicted molar refractivity (Wildman–Crippen MR) is 154 cm³/mol. The summed E-state index contributed by atoms with van der Waals surface area (Å²) in [6.07, 6.45) is 6.42. The van der Waals surface area contributed by atoms with Crippen LogP contribution in [0.5, 0.6) is 0 Å². The van der Waals surface area contributed by atoms with Crippen LogP contribution >= 0.6 is 23.5 Å². The zero-order valence-electron chi connectivity index (χ0n) is 22.3. The van der Waals surface area contributed by atoms with E-state index < -0.39 is 47.9 Å². The van der Waals surface area contributed by atoms with E-state index in [1.165, 1.54) is 23.5 Å². The van der Waals surface area contributed by atoms with Crippen molar-refractivity contribution in [3.05, 3.63) is 36.0 Å². The molecular formula is C26H39N5O5S2. The van der Waals surface area contributed by atoms with Gasteiger partial charge in [-0.25, -0.2) is 4.79 Å². The summed E-state index contributed by atoms with van der Waals surface area (Å²) in [5.41, 5.74) is 8.05. The molecule has 10 nitrogen and oxygen atoms in total. The van der Waals surface area contributed by atoms with Gasteiger partial charge in [0, 0.05) is 17.1 Å². The fraction of sp³-hybridized carbons (Fsp3) is 0.538. The first-order valence-electron chi connectivity index (χ1n) is 12.5. The third-order valence-electron chi connectivity index (χ3n) is 6.17. The number of fused-ring (bicyclic) bond motifs is 1. The number of nitrogens with one attached hydrogen (secondary N) is 4. The number of rotatable bonds is 16. The van der Waals surface area contributed by atoms with Crippen LogP contribution < -0.4 is 21.7 Å². The van der Waals surface area contributed by atoms with E-state index in [9.17, 15) is 24.3 Å². The van der Waals surface area contributed by atoms with Gasteiger partial charge < -0.3 is 31.8 Å². The monoisotopic (exact) mass is 565 g/mol. The van der Waals surface area contributed by atoms with Gasteiger partial charge in [0.05, 0.1) is 6.04 Å². The Morgan fingerprint density at radius 2 is 1.53 bits per heavy atom. The maximum absolute atomic E-state index is 13.2. The topological polar surface area (TPSA) is 166 Å². The molecule has 1 heterocycles. The molecule has 38 heavy (non-hydrogen) atoms. The molecular weight excluding hydrogens is 526 g/mol. The van der Waals surface area contributed by atoms with Gasteiger partial charge in [0.25, 0.3) is 0 Å². The molecule has 4 unspecified atom stereocenters. The Kier molecular flexibility index (Phi) is 13.0. The lowest BCUT2D eigenvalue weighted by Gasteiger charge is -2.27. The Morgan fingerprint density at radius 3 is 2.13 bits per heavy atom. The highest BCUT2D eigenvalue weighted by atomic mass is 32.2. The molecule has 0 aliphatic heterocycles. The zero-order valence-corrected chi connectivity index (χ0v) is 23.9. The first-order valence-corrected chi connectivity index (χ1v) is 15.3. The first kappa shape index (κ1) is 31.5. The van der Waals surface area contributed by atoms with Crippen LogP contribution in [0.4, 0.5) is 0 Å². The second kappa shape index (κ2) is 15.6. The number of amides is 3. The van der Waals surface area contributed by atoms with E-state index in [2.05, 4.69) is 20.9 Å².